The molecule has 0 bridgehead atoms. The Kier molecular flexibility index (Phi) is 5.34. The lowest BCUT2D eigenvalue weighted by Crippen LogP contribution is -2.36. The van der Waals surface area contributed by atoms with Gasteiger partial charge >= 0.3 is 6.09 Å². The summed E-state index contributed by atoms with van der Waals surface area (Å²) in [4.78, 5) is 12.3. The highest BCUT2D eigenvalue weighted by Crippen LogP contribution is 2.44. The maximum Gasteiger partial charge on any atom is 0.407 e. The highest BCUT2D eigenvalue weighted by atomic mass is 16.5. The lowest BCUT2D eigenvalue weighted by atomic mass is 9.98. The number of hydrogen-bond acceptors (Lipinski definition) is 5. The summed E-state index contributed by atoms with van der Waals surface area (Å²) in [6, 6.07) is 23.5. The SMILES string of the molecule is O=C(NCC(O)C(O)c1[nH]nc2ccccc12)OCC1c2ccccc2-c2ccccc21. The van der Waals surface area contributed by atoms with Crippen LogP contribution in [-0.2, 0) is 4.74 Å². The zero-order valence-corrected chi connectivity index (χ0v) is 17.2. The summed E-state index contributed by atoms with van der Waals surface area (Å²) in [5, 5.41) is 31.0. The second-order valence-corrected chi connectivity index (χ2v) is 7.87. The molecule has 32 heavy (non-hydrogen) atoms. The molecular weight excluding hydrogens is 406 g/mol. The van der Waals surface area contributed by atoms with Gasteiger partial charge in [0.2, 0.25) is 0 Å². The highest BCUT2D eigenvalue weighted by Gasteiger charge is 2.29. The van der Waals surface area contributed by atoms with Crippen molar-refractivity contribution >= 4 is 17.0 Å². The molecule has 3 aromatic carbocycles. The van der Waals surface area contributed by atoms with Crippen LogP contribution in [0.1, 0.15) is 28.8 Å². The third-order valence-corrected chi connectivity index (χ3v) is 5.95. The molecule has 1 amide bonds. The van der Waals surface area contributed by atoms with Crippen molar-refractivity contribution in [2.75, 3.05) is 13.2 Å². The Labute approximate surface area is 184 Å². The summed E-state index contributed by atoms with van der Waals surface area (Å²) >= 11 is 0. The molecule has 0 radical (unpaired) electrons. The smallest absolute Gasteiger partial charge is 0.407 e. The van der Waals surface area contributed by atoms with Crippen LogP contribution in [0.3, 0.4) is 0 Å². The molecule has 1 aliphatic rings. The van der Waals surface area contributed by atoms with Gasteiger partial charge in [0, 0.05) is 17.8 Å². The van der Waals surface area contributed by atoms with Crippen LogP contribution in [0.25, 0.3) is 22.0 Å². The van der Waals surface area contributed by atoms with Crippen molar-refractivity contribution in [3.8, 4) is 11.1 Å². The number of para-hydroxylation sites is 1. The summed E-state index contributed by atoms with van der Waals surface area (Å²) in [5.74, 6) is -0.0416. The minimum atomic E-state index is -1.23. The number of benzene rings is 3. The molecule has 7 nitrogen and oxygen atoms in total. The molecule has 0 saturated heterocycles. The van der Waals surface area contributed by atoms with Gasteiger partial charge in [-0.1, -0.05) is 66.7 Å². The number of carbonyl (C=O) groups is 1. The summed E-state index contributed by atoms with van der Waals surface area (Å²) < 4.78 is 5.47. The van der Waals surface area contributed by atoms with Crippen molar-refractivity contribution in [1.82, 2.24) is 15.5 Å². The number of nitrogens with one attached hydrogen (secondary N) is 2. The van der Waals surface area contributed by atoms with Crippen LogP contribution in [0.4, 0.5) is 4.79 Å². The van der Waals surface area contributed by atoms with Gasteiger partial charge in [0.1, 0.15) is 18.8 Å². The topological polar surface area (TPSA) is 107 Å². The number of carbonyl (C=O) groups excluding carboxylic acids is 1. The largest absolute Gasteiger partial charge is 0.449 e. The number of aromatic amines is 1. The van der Waals surface area contributed by atoms with Crippen molar-refractivity contribution < 1.29 is 19.7 Å². The van der Waals surface area contributed by atoms with Crippen molar-refractivity contribution in [3.05, 3.63) is 89.6 Å². The van der Waals surface area contributed by atoms with Gasteiger partial charge in [-0.15, -0.1) is 0 Å². The first-order valence-corrected chi connectivity index (χ1v) is 10.5. The molecule has 7 heteroatoms. The Hall–Kier alpha value is -3.68. The highest BCUT2D eigenvalue weighted by molar-refractivity contribution is 5.81. The molecule has 162 valence electrons. The van der Waals surface area contributed by atoms with Gasteiger partial charge in [-0.3, -0.25) is 5.10 Å². The Bertz CT molecular complexity index is 1220. The van der Waals surface area contributed by atoms with E-state index in [1.165, 1.54) is 0 Å². The van der Waals surface area contributed by atoms with Gasteiger partial charge in [-0.05, 0) is 28.3 Å². The average Bonchev–Trinajstić information content (AvgIpc) is 3.40. The number of hydrogen-bond donors (Lipinski definition) is 4. The third-order valence-electron chi connectivity index (χ3n) is 5.95. The molecule has 0 fully saturated rings. The molecule has 0 aliphatic heterocycles. The maximum atomic E-state index is 12.3. The Morgan fingerprint density at radius 2 is 1.59 bits per heavy atom. The van der Waals surface area contributed by atoms with Crippen LogP contribution >= 0.6 is 0 Å². The van der Waals surface area contributed by atoms with Gasteiger partial charge < -0.3 is 20.3 Å². The Morgan fingerprint density at radius 1 is 0.969 bits per heavy atom. The number of aliphatic hydroxyl groups excluding tert-OH is 2. The van der Waals surface area contributed by atoms with E-state index in [-0.39, 0.29) is 19.1 Å². The maximum absolute atomic E-state index is 12.3. The number of alkyl carbamates (subject to hydrolysis) is 1. The number of amides is 1. The van der Waals surface area contributed by atoms with Crippen LogP contribution in [-0.4, -0.2) is 45.8 Å². The van der Waals surface area contributed by atoms with Gasteiger partial charge in [0.15, 0.2) is 0 Å². The third kappa shape index (κ3) is 3.62. The molecule has 1 aliphatic carbocycles. The minimum absolute atomic E-state index is 0.0416. The summed E-state index contributed by atoms with van der Waals surface area (Å²) in [5.41, 5.74) is 5.66. The lowest BCUT2D eigenvalue weighted by Gasteiger charge is -2.18. The van der Waals surface area contributed by atoms with E-state index < -0.39 is 18.3 Å². The molecule has 2 unspecified atom stereocenters. The predicted octanol–water partition coefficient (Wildman–Crippen LogP) is 3.50. The number of fused-ring (bicyclic) bond motifs is 4. The van der Waals surface area contributed by atoms with E-state index in [4.69, 9.17) is 4.74 Å². The Morgan fingerprint density at radius 3 is 2.31 bits per heavy atom. The van der Waals surface area contributed by atoms with Gasteiger partial charge in [-0.2, -0.15) is 5.10 Å². The van der Waals surface area contributed by atoms with Crippen molar-refractivity contribution in [2.45, 2.75) is 18.1 Å². The van der Waals surface area contributed by atoms with Crippen molar-refractivity contribution in [1.29, 1.82) is 0 Å². The number of aromatic nitrogens is 2. The molecule has 4 aromatic rings. The number of ether oxygens (including phenoxy) is 1. The normalized spacial score (nSPS) is 14.6. The van der Waals surface area contributed by atoms with E-state index in [0.29, 0.717) is 11.2 Å². The minimum Gasteiger partial charge on any atom is -0.449 e. The van der Waals surface area contributed by atoms with Crippen LogP contribution in [0.15, 0.2) is 72.8 Å². The van der Waals surface area contributed by atoms with Gasteiger partial charge in [0.05, 0.1) is 11.2 Å². The molecule has 1 heterocycles. The van der Waals surface area contributed by atoms with Gasteiger partial charge in [-0.25, -0.2) is 4.79 Å². The first-order valence-electron chi connectivity index (χ1n) is 10.5. The number of rotatable bonds is 6. The lowest BCUT2D eigenvalue weighted by molar-refractivity contribution is 0.0168. The zero-order valence-electron chi connectivity index (χ0n) is 17.2. The fourth-order valence-corrected chi connectivity index (χ4v) is 4.35. The monoisotopic (exact) mass is 429 g/mol. The fourth-order valence-electron chi connectivity index (χ4n) is 4.35. The predicted molar refractivity (Wildman–Crippen MR) is 120 cm³/mol. The molecule has 0 spiro atoms. The number of H-pyrrole nitrogens is 1. The van der Waals surface area contributed by atoms with E-state index in [9.17, 15) is 15.0 Å². The Balaban J connectivity index is 1.20. The van der Waals surface area contributed by atoms with Crippen LogP contribution in [0, 0.1) is 0 Å². The number of aliphatic hydroxyl groups is 2. The molecule has 4 N–H and O–H groups in total. The first kappa shape index (κ1) is 20.2. The average molecular weight is 429 g/mol. The molecule has 2 atom stereocenters. The first-order chi connectivity index (χ1) is 15.6. The summed E-state index contributed by atoms with van der Waals surface area (Å²) in [7, 11) is 0. The van der Waals surface area contributed by atoms with Crippen LogP contribution in [0.5, 0.6) is 0 Å². The quantitative estimate of drug-likeness (QED) is 0.375. The number of nitrogens with zero attached hydrogens (tertiary/aromatic N) is 1. The van der Waals surface area contributed by atoms with Crippen molar-refractivity contribution in [3.63, 3.8) is 0 Å². The summed E-state index contributed by atoms with van der Waals surface area (Å²) in [6.45, 7) is 0.0227. The van der Waals surface area contributed by atoms with E-state index in [2.05, 4.69) is 39.8 Å². The molecule has 5 rings (SSSR count). The second-order valence-electron chi connectivity index (χ2n) is 7.87. The van der Waals surface area contributed by atoms with Crippen LogP contribution < -0.4 is 5.32 Å². The van der Waals surface area contributed by atoms with E-state index >= 15 is 0 Å². The fraction of sp³-hybridized carbons (Fsp3) is 0.200. The summed E-state index contributed by atoms with van der Waals surface area (Å²) in [6.07, 6.45) is -3.09. The molecular formula is C25H23N3O4. The van der Waals surface area contributed by atoms with E-state index in [1.54, 1.807) is 0 Å². The standard InChI is InChI=1S/C25H23N3O4/c29-22(24(30)23-19-11-5-6-12-21(19)27-28-23)13-26-25(31)32-14-20-17-9-3-1-7-15(17)16-8-2-4-10-18(16)20/h1-12,20,22,24,29-30H,13-14H2,(H,26,31)(H,27,28). The van der Waals surface area contributed by atoms with E-state index in [0.717, 1.165) is 27.6 Å². The second kappa shape index (κ2) is 8.45. The van der Waals surface area contributed by atoms with E-state index in [1.807, 2.05) is 48.5 Å². The molecule has 1 aromatic heterocycles. The van der Waals surface area contributed by atoms with Gasteiger partial charge in [0.25, 0.3) is 0 Å². The van der Waals surface area contributed by atoms with Crippen molar-refractivity contribution in [2.24, 2.45) is 0 Å². The zero-order chi connectivity index (χ0) is 22.1. The molecule has 0 saturated carbocycles. The van der Waals surface area contributed by atoms with Crippen LogP contribution in [0.2, 0.25) is 0 Å².